The number of aromatic nitrogens is 2. The minimum atomic E-state index is -0.753. The predicted molar refractivity (Wildman–Crippen MR) is 146 cm³/mol. The van der Waals surface area contributed by atoms with Crippen LogP contribution in [-0.4, -0.2) is 50.7 Å². The number of hydrogen-bond donors (Lipinski definition) is 2. The van der Waals surface area contributed by atoms with Crippen molar-refractivity contribution in [2.75, 3.05) is 6.54 Å². The lowest BCUT2D eigenvalue weighted by Gasteiger charge is -2.35. The average Bonchev–Trinajstić information content (AvgIpc) is 3.56. The van der Waals surface area contributed by atoms with E-state index in [0.29, 0.717) is 5.76 Å². The summed E-state index contributed by atoms with van der Waals surface area (Å²) in [6.45, 7) is 10.1. The normalized spacial score (nSPS) is 23.5. The molecule has 202 valence electrons. The molecule has 2 N–H and O–H groups in total. The summed E-state index contributed by atoms with van der Waals surface area (Å²) in [6.07, 6.45) is 2.08. The van der Waals surface area contributed by atoms with Crippen LogP contribution in [0.3, 0.4) is 0 Å². The second-order valence-electron chi connectivity index (χ2n) is 11.4. The van der Waals surface area contributed by atoms with Gasteiger partial charge in [0.05, 0.1) is 33.9 Å². The zero-order chi connectivity index (χ0) is 27.2. The van der Waals surface area contributed by atoms with Crippen molar-refractivity contribution in [3.63, 3.8) is 0 Å². The molecule has 4 atom stereocenters. The van der Waals surface area contributed by atoms with Gasteiger partial charge >= 0.3 is 0 Å². The van der Waals surface area contributed by atoms with E-state index < -0.39 is 18.1 Å². The first-order valence-corrected chi connectivity index (χ1v) is 14.2. The van der Waals surface area contributed by atoms with E-state index in [-0.39, 0.29) is 36.2 Å². The summed E-state index contributed by atoms with van der Waals surface area (Å²) in [7, 11) is 0. The number of rotatable bonds is 5. The van der Waals surface area contributed by atoms with Gasteiger partial charge in [0.2, 0.25) is 11.8 Å². The largest absolute Gasteiger partial charge is 0.391 e. The first-order valence-electron chi connectivity index (χ1n) is 13.3. The van der Waals surface area contributed by atoms with Crippen molar-refractivity contribution >= 4 is 23.2 Å². The molecule has 8 nitrogen and oxygen atoms in total. The van der Waals surface area contributed by atoms with Gasteiger partial charge in [0, 0.05) is 18.5 Å². The molecule has 1 saturated heterocycles. The highest BCUT2D eigenvalue weighted by Crippen LogP contribution is 2.46. The lowest BCUT2D eigenvalue weighted by molar-refractivity contribution is -0.142. The quantitative estimate of drug-likeness (QED) is 0.458. The molecule has 5 rings (SSSR count). The highest BCUT2D eigenvalue weighted by atomic mass is 32.1. The van der Waals surface area contributed by atoms with Crippen molar-refractivity contribution in [2.24, 2.45) is 5.41 Å². The number of β-amino-alcohol motifs (C(OH)–C–C–N with tert-alkyl or cyclic N) is 1. The molecule has 2 amide bonds. The van der Waals surface area contributed by atoms with E-state index in [9.17, 15) is 14.7 Å². The minimum Gasteiger partial charge on any atom is -0.391 e. The Bertz CT molecular complexity index is 1330. The van der Waals surface area contributed by atoms with Crippen molar-refractivity contribution in [2.45, 2.75) is 84.4 Å². The van der Waals surface area contributed by atoms with E-state index in [1.807, 2.05) is 50.5 Å². The van der Waals surface area contributed by atoms with Crippen molar-refractivity contribution in [3.05, 3.63) is 58.1 Å². The number of carbonyl (C=O) groups excluding carboxylic acids is 2. The van der Waals surface area contributed by atoms with Crippen LogP contribution >= 0.6 is 11.3 Å². The summed E-state index contributed by atoms with van der Waals surface area (Å²) < 4.78 is 5.72. The van der Waals surface area contributed by atoms with Crippen LogP contribution in [0.25, 0.3) is 10.4 Å². The Morgan fingerprint density at radius 3 is 2.63 bits per heavy atom. The van der Waals surface area contributed by atoms with E-state index in [1.54, 1.807) is 16.2 Å². The number of aliphatic hydroxyl groups is 1. The molecule has 1 aliphatic carbocycles. The van der Waals surface area contributed by atoms with Crippen molar-refractivity contribution < 1.29 is 19.2 Å². The van der Waals surface area contributed by atoms with Crippen LogP contribution in [0.15, 0.2) is 34.3 Å². The summed E-state index contributed by atoms with van der Waals surface area (Å²) in [6, 6.07) is 7.09. The predicted octanol–water partition coefficient (Wildman–Crippen LogP) is 4.70. The van der Waals surface area contributed by atoms with Crippen LogP contribution in [0.4, 0.5) is 0 Å². The Hall–Kier alpha value is -3.04. The molecule has 0 saturated carbocycles. The molecule has 9 heteroatoms. The molecule has 0 radical (unpaired) electrons. The first-order chi connectivity index (χ1) is 18.1. The van der Waals surface area contributed by atoms with Crippen LogP contribution < -0.4 is 5.32 Å². The van der Waals surface area contributed by atoms with Crippen LogP contribution in [0.2, 0.25) is 0 Å². The van der Waals surface area contributed by atoms with Gasteiger partial charge in [0.15, 0.2) is 5.76 Å². The number of nitrogens with one attached hydrogen (secondary N) is 1. The maximum Gasteiger partial charge on any atom is 0.243 e. The molecule has 2 aliphatic rings. The van der Waals surface area contributed by atoms with Gasteiger partial charge in [-0.1, -0.05) is 43.3 Å². The number of thiazole rings is 1. The average molecular weight is 537 g/mol. The highest BCUT2D eigenvalue weighted by Gasteiger charge is 2.49. The van der Waals surface area contributed by atoms with Crippen LogP contribution in [0, 0.1) is 19.3 Å². The van der Waals surface area contributed by atoms with Crippen LogP contribution in [0.5, 0.6) is 0 Å². The molecule has 2 aromatic heterocycles. The molecule has 38 heavy (non-hydrogen) atoms. The van der Waals surface area contributed by atoms with E-state index in [4.69, 9.17) is 4.52 Å². The Labute approximate surface area is 227 Å². The Kier molecular flexibility index (Phi) is 7.17. The van der Waals surface area contributed by atoms with Gasteiger partial charge in [-0.2, -0.15) is 0 Å². The van der Waals surface area contributed by atoms with E-state index in [0.717, 1.165) is 52.2 Å². The third-order valence-corrected chi connectivity index (χ3v) is 9.17. The lowest BCUT2D eigenvalue weighted by Crippen LogP contribution is -2.49. The zero-order valence-electron chi connectivity index (χ0n) is 22.7. The molecule has 1 fully saturated rings. The molecular weight excluding hydrogens is 500 g/mol. The van der Waals surface area contributed by atoms with Crippen molar-refractivity contribution in [1.82, 2.24) is 20.4 Å². The lowest BCUT2D eigenvalue weighted by atomic mass is 9.74. The Morgan fingerprint density at radius 1 is 1.21 bits per heavy atom. The first kappa shape index (κ1) is 26.6. The van der Waals surface area contributed by atoms with Gasteiger partial charge in [0.25, 0.3) is 0 Å². The number of nitrogens with zero attached hydrogens (tertiary/aromatic N) is 3. The fourth-order valence-electron chi connectivity index (χ4n) is 5.97. The number of likely N-dealkylation sites (tertiary alicyclic amines) is 1. The van der Waals surface area contributed by atoms with E-state index >= 15 is 0 Å². The molecule has 3 heterocycles. The summed E-state index contributed by atoms with van der Waals surface area (Å²) in [5.41, 5.74) is 6.35. The Balaban J connectivity index is 1.34. The maximum absolute atomic E-state index is 14.1. The minimum absolute atomic E-state index is 0.128. The summed E-state index contributed by atoms with van der Waals surface area (Å²) in [5.74, 6) is -0.379. The molecule has 0 unspecified atom stereocenters. The highest BCUT2D eigenvalue weighted by molar-refractivity contribution is 7.13. The number of carbonyl (C=O) groups is 2. The summed E-state index contributed by atoms with van der Waals surface area (Å²) in [5, 5.41) is 17.8. The molecule has 1 aromatic carbocycles. The second kappa shape index (κ2) is 10.3. The fourth-order valence-corrected chi connectivity index (χ4v) is 6.78. The van der Waals surface area contributed by atoms with Gasteiger partial charge in [-0.15, -0.1) is 11.3 Å². The topological polar surface area (TPSA) is 109 Å². The monoisotopic (exact) mass is 536 g/mol. The number of aryl methyl sites for hydroxylation is 2. The molecular formula is C29H36N4O4S. The number of hydrogen-bond acceptors (Lipinski definition) is 7. The van der Waals surface area contributed by atoms with Gasteiger partial charge in [-0.25, -0.2) is 4.98 Å². The van der Waals surface area contributed by atoms with Crippen LogP contribution in [-0.2, 0) is 16.0 Å². The molecule has 0 spiro atoms. The van der Waals surface area contributed by atoms with Gasteiger partial charge in [0.1, 0.15) is 12.0 Å². The van der Waals surface area contributed by atoms with Gasteiger partial charge in [-0.3, -0.25) is 9.59 Å². The van der Waals surface area contributed by atoms with Gasteiger partial charge in [-0.05, 0) is 56.6 Å². The van der Waals surface area contributed by atoms with Gasteiger partial charge < -0.3 is 19.8 Å². The molecule has 1 aliphatic heterocycles. The fraction of sp³-hybridized carbons (Fsp3) is 0.517. The zero-order valence-corrected chi connectivity index (χ0v) is 23.5. The number of amides is 2. The molecule has 0 bridgehead atoms. The van der Waals surface area contributed by atoms with Crippen molar-refractivity contribution in [3.8, 4) is 10.4 Å². The molecule has 3 aromatic rings. The van der Waals surface area contributed by atoms with E-state index in [1.165, 1.54) is 0 Å². The third kappa shape index (κ3) is 4.89. The SMILES string of the molecule is Cc1ncsc1-c1ccc([C@H](C)NC(=O)[C@@H]2C[C@@H](O)CN2C(=O)[C@@H]2c3onc(C)c3CCCC2(C)C)cc1. The van der Waals surface area contributed by atoms with E-state index in [2.05, 4.69) is 29.3 Å². The number of aliphatic hydroxyl groups excluding tert-OH is 1. The van der Waals surface area contributed by atoms with Crippen molar-refractivity contribution in [1.29, 1.82) is 0 Å². The Morgan fingerprint density at radius 2 is 1.95 bits per heavy atom. The van der Waals surface area contributed by atoms with Crippen LogP contribution in [0.1, 0.15) is 80.3 Å². The number of benzene rings is 1. The smallest absolute Gasteiger partial charge is 0.243 e. The third-order valence-electron chi connectivity index (χ3n) is 8.20. The standard InChI is InChI=1S/C29H36N4O4S/c1-16(19-8-10-20(11-9-19)26-18(3)30-15-38-26)31-27(35)23-13-21(34)14-33(23)28(36)24-25-22(17(2)32-37-25)7-6-12-29(24,4)5/h8-11,15-16,21,23-24,34H,6-7,12-14H2,1-5H3,(H,31,35)/t16-,21+,23-,24-/m0/s1. The second-order valence-corrected chi connectivity index (χ2v) is 12.3. The summed E-state index contributed by atoms with van der Waals surface area (Å²) >= 11 is 1.60. The summed E-state index contributed by atoms with van der Waals surface area (Å²) in [4.78, 5) is 34.6. The maximum atomic E-state index is 14.1. The number of fused-ring (bicyclic) bond motifs is 1.